The Kier molecular flexibility index (Phi) is 4.78. The van der Waals surface area contributed by atoms with Crippen molar-refractivity contribution in [1.29, 1.82) is 0 Å². The first-order valence-electron chi connectivity index (χ1n) is 7.80. The molecule has 1 saturated heterocycles. The van der Waals surface area contributed by atoms with Gasteiger partial charge < -0.3 is 25.4 Å². The van der Waals surface area contributed by atoms with Crippen molar-refractivity contribution in [2.75, 3.05) is 12.3 Å². The van der Waals surface area contributed by atoms with Crippen LogP contribution in [-0.4, -0.2) is 54.7 Å². The van der Waals surface area contributed by atoms with Gasteiger partial charge in [-0.3, -0.25) is 4.57 Å². The van der Waals surface area contributed by atoms with Crippen LogP contribution < -0.4 is 5.73 Å². The van der Waals surface area contributed by atoms with Crippen molar-refractivity contribution in [3.8, 4) is 0 Å². The van der Waals surface area contributed by atoms with Gasteiger partial charge in [-0.05, 0) is 6.07 Å². The molecular formula is C15H16ClN5O4S. The molecule has 0 radical (unpaired) electrons. The molecule has 4 N–H and O–H groups in total. The highest BCUT2D eigenvalue weighted by atomic mass is 35.5. The van der Waals surface area contributed by atoms with Gasteiger partial charge in [0.25, 0.3) is 0 Å². The summed E-state index contributed by atoms with van der Waals surface area (Å²) in [5.74, 6) is 0.233. The summed E-state index contributed by atoms with van der Waals surface area (Å²) in [6.45, 7) is 0.469. The molecule has 1 fully saturated rings. The van der Waals surface area contributed by atoms with Crippen molar-refractivity contribution in [2.24, 2.45) is 0 Å². The van der Waals surface area contributed by atoms with Crippen LogP contribution in [-0.2, 0) is 16.1 Å². The number of nitrogen functional groups attached to an aromatic ring is 1. The van der Waals surface area contributed by atoms with Crippen LogP contribution in [0, 0.1) is 0 Å². The number of nitrogens with zero attached hydrogens (tertiary/aromatic N) is 4. The fourth-order valence-corrected chi connectivity index (χ4v) is 3.87. The fraction of sp³-hybridized carbons (Fsp3) is 0.400. The summed E-state index contributed by atoms with van der Waals surface area (Å²) in [4.78, 5) is 13.1. The summed E-state index contributed by atoms with van der Waals surface area (Å²) in [5, 5.41) is 23.1. The molecular weight excluding hydrogens is 382 g/mol. The molecule has 1 aliphatic heterocycles. The fourth-order valence-electron chi connectivity index (χ4n) is 2.86. The number of nitrogens with two attached hydrogens (primary N) is 1. The molecule has 4 rings (SSSR count). The summed E-state index contributed by atoms with van der Waals surface area (Å²) >= 11 is 7.36. The van der Waals surface area contributed by atoms with E-state index in [0.29, 0.717) is 22.8 Å². The second kappa shape index (κ2) is 7.06. The summed E-state index contributed by atoms with van der Waals surface area (Å²) in [6.07, 6.45) is -1.05. The molecule has 0 aromatic carbocycles. The highest BCUT2D eigenvalue weighted by Gasteiger charge is 2.44. The first kappa shape index (κ1) is 17.6. The smallest absolute Gasteiger partial charge is 0.167 e. The van der Waals surface area contributed by atoms with E-state index < -0.39 is 24.5 Å². The minimum absolute atomic E-state index is 0.119. The Balaban J connectivity index is 1.46. The normalized spacial score (nSPS) is 26.0. The summed E-state index contributed by atoms with van der Waals surface area (Å²) in [6, 6.07) is 1.82. The maximum atomic E-state index is 10.4. The van der Waals surface area contributed by atoms with E-state index in [1.54, 1.807) is 0 Å². The summed E-state index contributed by atoms with van der Waals surface area (Å²) < 4.78 is 12.9. The number of aliphatic hydroxyl groups is 2. The second-order valence-corrected chi connectivity index (χ2v) is 7.31. The molecule has 0 bridgehead atoms. The Hall–Kier alpha value is -1.82. The maximum Gasteiger partial charge on any atom is 0.167 e. The molecule has 0 spiro atoms. The van der Waals surface area contributed by atoms with E-state index in [-0.39, 0.29) is 12.4 Å². The molecule has 0 unspecified atom stereocenters. The van der Waals surface area contributed by atoms with Gasteiger partial charge in [0.2, 0.25) is 0 Å². The molecule has 4 atom stereocenters. The third-order valence-corrected chi connectivity index (χ3v) is 5.40. The molecule has 1 aliphatic rings. The Bertz CT molecular complexity index is 918. The van der Waals surface area contributed by atoms with Crippen molar-refractivity contribution >= 4 is 39.9 Å². The molecule has 26 heavy (non-hydrogen) atoms. The average Bonchev–Trinajstić information content (AvgIpc) is 3.30. The number of aromatic nitrogens is 4. The minimum atomic E-state index is -1.16. The SMILES string of the molecule is Nc1ncnc2c1ncn2[C@@H]1O[C@H](COCc2cc(Cl)cs2)[C@@H](O)[C@H]1O. The van der Waals surface area contributed by atoms with E-state index in [0.717, 1.165) is 4.88 Å². The van der Waals surface area contributed by atoms with Crippen molar-refractivity contribution < 1.29 is 19.7 Å². The zero-order valence-electron chi connectivity index (χ0n) is 13.4. The first-order chi connectivity index (χ1) is 12.5. The Morgan fingerprint density at radius 2 is 2.15 bits per heavy atom. The highest BCUT2D eigenvalue weighted by Crippen LogP contribution is 2.32. The minimum Gasteiger partial charge on any atom is -0.387 e. The standard InChI is InChI=1S/C15H16ClN5O4S/c16-7-1-8(26-4-7)2-24-3-9-11(22)12(23)15(25-9)21-6-20-10-13(17)18-5-19-14(10)21/h1,4-6,9,11-12,15,22-23H,2-3H2,(H2,17,18,19)/t9-,11-,12-,15-/m1/s1. The van der Waals surface area contributed by atoms with Gasteiger partial charge in [-0.1, -0.05) is 11.6 Å². The molecule has 0 saturated carbocycles. The predicted octanol–water partition coefficient (Wildman–Crippen LogP) is 0.959. The maximum absolute atomic E-state index is 10.4. The van der Waals surface area contributed by atoms with E-state index in [9.17, 15) is 10.2 Å². The van der Waals surface area contributed by atoms with Crippen LogP contribution in [0.5, 0.6) is 0 Å². The number of hydrogen-bond donors (Lipinski definition) is 3. The van der Waals surface area contributed by atoms with Gasteiger partial charge in [0.05, 0.1) is 24.6 Å². The van der Waals surface area contributed by atoms with Gasteiger partial charge in [-0.25, -0.2) is 15.0 Å². The number of anilines is 1. The largest absolute Gasteiger partial charge is 0.387 e. The van der Waals surface area contributed by atoms with Gasteiger partial charge in [0, 0.05) is 10.3 Å². The molecule has 3 aromatic heterocycles. The number of aliphatic hydroxyl groups excluding tert-OH is 2. The lowest BCUT2D eigenvalue weighted by Gasteiger charge is -2.16. The third-order valence-electron chi connectivity index (χ3n) is 4.15. The van der Waals surface area contributed by atoms with Crippen molar-refractivity contribution in [3.05, 3.63) is 34.0 Å². The molecule has 9 nitrogen and oxygen atoms in total. The number of halogens is 1. The number of ether oxygens (including phenoxy) is 2. The lowest BCUT2D eigenvalue weighted by Crippen LogP contribution is -2.33. The Morgan fingerprint density at radius 1 is 1.31 bits per heavy atom. The molecule has 4 heterocycles. The van der Waals surface area contributed by atoms with Gasteiger partial charge in [-0.15, -0.1) is 11.3 Å². The van der Waals surface area contributed by atoms with Gasteiger partial charge in [0.15, 0.2) is 17.7 Å². The number of imidazole rings is 1. The highest BCUT2D eigenvalue weighted by molar-refractivity contribution is 7.10. The summed E-state index contributed by atoms with van der Waals surface area (Å²) in [5.41, 5.74) is 6.60. The average molecular weight is 398 g/mol. The van der Waals surface area contributed by atoms with E-state index in [4.69, 9.17) is 26.8 Å². The topological polar surface area (TPSA) is 129 Å². The van der Waals surface area contributed by atoms with E-state index in [2.05, 4.69) is 15.0 Å². The van der Waals surface area contributed by atoms with Crippen LogP contribution in [0.4, 0.5) is 5.82 Å². The second-order valence-electron chi connectivity index (χ2n) is 5.88. The number of hydrogen-bond acceptors (Lipinski definition) is 9. The van der Waals surface area contributed by atoms with Crippen molar-refractivity contribution in [1.82, 2.24) is 19.5 Å². The van der Waals surface area contributed by atoms with E-state index in [1.807, 2.05) is 11.4 Å². The Labute approximate surface area is 157 Å². The lowest BCUT2D eigenvalue weighted by atomic mass is 10.1. The quantitative estimate of drug-likeness (QED) is 0.580. The van der Waals surface area contributed by atoms with Crippen LogP contribution in [0.25, 0.3) is 11.2 Å². The molecule has 3 aromatic rings. The first-order valence-corrected chi connectivity index (χ1v) is 9.05. The third kappa shape index (κ3) is 3.15. The number of fused-ring (bicyclic) bond motifs is 1. The lowest BCUT2D eigenvalue weighted by molar-refractivity contribution is -0.0679. The predicted molar refractivity (Wildman–Crippen MR) is 94.6 cm³/mol. The van der Waals surface area contributed by atoms with Gasteiger partial charge in [-0.2, -0.15) is 0 Å². The van der Waals surface area contributed by atoms with E-state index >= 15 is 0 Å². The zero-order chi connectivity index (χ0) is 18.3. The number of thiophene rings is 1. The van der Waals surface area contributed by atoms with Crippen LogP contribution >= 0.6 is 22.9 Å². The molecule has 0 aliphatic carbocycles. The monoisotopic (exact) mass is 397 g/mol. The van der Waals surface area contributed by atoms with Gasteiger partial charge in [0.1, 0.15) is 30.2 Å². The van der Waals surface area contributed by atoms with Crippen LogP contribution in [0.3, 0.4) is 0 Å². The summed E-state index contributed by atoms with van der Waals surface area (Å²) in [7, 11) is 0. The van der Waals surface area contributed by atoms with Crippen molar-refractivity contribution in [2.45, 2.75) is 31.1 Å². The van der Waals surface area contributed by atoms with E-state index in [1.165, 1.54) is 28.6 Å². The zero-order valence-corrected chi connectivity index (χ0v) is 15.0. The van der Waals surface area contributed by atoms with Crippen LogP contribution in [0.2, 0.25) is 5.02 Å². The molecule has 11 heteroatoms. The molecule has 138 valence electrons. The van der Waals surface area contributed by atoms with Gasteiger partial charge >= 0.3 is 0 Å². The Morgan fingerprint density at radius 3 is 2.92 bits per heavy atom. The van der Waals surface area contributed by atoms with Crippen molar-refractivity contribution in [3.63, 3.8) is 0 Å². The van der Waals surface area contributed by atoms with Crippen LogP contribution in [0.1, 0.15) is 11.1 Å². The van der Waals surface area contributed by atoms with Crippen LogP contribution in [0.15, 0.2) is 24.1 Å². The molecule has 0 amide bonds. The number of rotatable bonds is 5.